The molecule has 0 spiro atoms. The Morgan fingerprint density at radius 3 is 2.57 bits per heavy atom. The van der Waals surface area contributed by atoms with Gasteiger partial charge in [-0.05, 0) is 38.5 Å². The molecule has 0 aliphatic heterocycles. The minimum Gasteiger partial charge on any atom is -0.481 e. The van der Waals surface area contributed by atoms with E-state index < -0.39 is 6.10 Å². The fourth-order valence-electron chi connectivity index (χ4n) is 2.84. The third-order valence-electron chi connectivity index (χ3n) is 4.44. The molecule has 0 aliphatic rings. The summed E-state index contributed by atoms with van der Waals surface area (Å²) in [5.74, 6) is 1.46. The SMILES string of the molecule is CC[C@@H](Oc1ccc(C)cc1)C(=O)N(C)Cc1nc(-c2cccc(C)c2)no1. The van der Waals surface area contributed by atoms with E-state index >= 15 is 0 Å². The van der Waals surface area contributed by atoms with Gasteiger partial charge in [0.05, 0.1) is 6.54 Å². The molecular weight excluding hydrogens is 354 g/mol. The van der Waals surface area contributed by atoms with Crippen LogP contribution in [0, 0.1) is 13.8 Å². The molecule has 0 radical (unpaired) electrons. The second-order valence-electron chi connectivity index (χ2n) is 6.90. The third kappa shape index (κ3) is 4.76. The molecule has 28 heavy (non-hydrogen) atoms. The van der Waals surface area contributed by atoms with Crippen molar-refractivity contribution in [2.24, 2.45) is 0 Å². The molecule has 1 heterocycles. The highest BCUT2D eigenvalue weighted by Gasteiger charge is 2.24. The van der Waals surface area contributed by atoms with Gasteiger partial charge >= 0.3 is 0 Å². The predicted molar refractivity (Wildman–Crippen MR) is 107 cm³/mol. The van der Waals surface area contributed by atoms with Crippen LogP contribution in [0.5, 0.6) is 5.75 Å². The van der Waals surface area contributed by atoms with Gasteiger partial charge in [0, 0.05) is 12.6 Å². The molecule has 6 heteroatoms. The molecule has 1 atom stereocenters. The van der Waals surface area contributed by atoms with Crippen molar-refractivity contribution in [1.29, 1.82) is 0 Å². The van der Waals surface area contributed by atoms with Crippen molar-refractivity contribution in [3.05, 3.63) is 65.5 Å². The Balaban J connectivity index is 1.65. The molecule has 0 bridgehead atoms. The Morgan fingerprint density at radius 2 is 1.89 bits per heavy atom. The summed E-state index contributed by atoms with van der Waals surface area (Å²) < 4.78 is 11.2. The number of ether oxygens (including phenoxy) is 1. The van der Waals surface area contributed by atoms with Crippen molar-refractivity contribution in [2.45, 2.75) is 39.8 Å². The van der Waals surface area contributed by atoms with Crippen molar-refractivity contribution < 1.29 is 14.1 Å². The lowest BCUT2D eigenvalue weighted by atomic mass is 10.1. The van der Waals surface area contributed by atoms with E-state index in [0.29, 0.717) is 23.9 Å². The van der Waals surface area contributed by atoms with Crippen LogP contribution >= 0.6 is 0 Å². The van der Waals surface area contributed by atoms with E-state index in [9.17, 15) is 4.79 Å². The van der Waals surface area contributed by atoms with Crippen LogP contribution in [0.3, 0.4) is 0 Å². The first kappa shape index (κ1) is 19.6. The van der Waals surface area contributed by atoms with E-state index in [0.717, 1.165) is 16.7 Å². The third-order valence-corrected chi connectivity index (χ3v) is 4.44. The van der Waals surface area contributed by atoms with Gasteiger partial charge in [-0.15, -0.1) is 0 Å². The molecule has 0 fully saturated rings. The topological polar surface area (TPSA) is 68.5 Å². The standard InChI is InChI=1S/C22H25N3O3/c1-5-19(27-18-11-9-15(2)10-12-18)22(26)25(4)14-20-23-21(24-28-20)17-8-6-7-16(3)13-17/h6-13,19H,5,14H2,1-4H3/t19-/m1/s1. The van der Waals surface area contributed by atoms with Gasteiger partial charge in [-0.3, -0.25) is 4.79 Å². The Bertz CT molecular complexity index is 934. The molecule has 1 aromatic heterocycles. The minimum atomic E-state index is -0.563. The molecule has 0 saturated carbocycles. The van der Waals surface area contributed by atoms with Crippen LogP contribution in [0.1, 0.15) is 30.4 Å². The number of likely N-dealkylation sites (N-methyl/N-ethyl adjacent to an activating group) is 1. The lowest BCUT2D eigenvalue weighted by Crippen LogP contribution is -2.39. The maximum Gasteiger partial charge on any atom is 0.263 e. The highest BCUT2D eigenvalue weighted by molar-refractivity contribution is 5.80. The number of aryl methyl sites for hydroxylation is 2. The number of nitrogens with zero attached hydrogens (tertiary/aromatic N) is 3. The maximum atomic E-state index is 12.8. The summed E-state index contributed by atoms with van der Waals surface area (Å²) in [6, 6.07) is 15.5. The molecule has 3 aromatic rings. The van der Waals surface area contributed by atoms with Gasteiger partial charge < -0.3 is 14.2 Å². The summed E-state index contributed by atoms with van der Waals surface area (Å²) in [7, 11) is 1.71. The second-order valence-corrected chi connectivity index (χ2v) is 6.90. The monoisotopic (exact) mass is 379 g/mol. The number of hydrogen-bond donors (Lipinski definition) is 0. The Morgan fingerprint density at radius 1 is 1.14 bits per heavy atom. The van der Waals surface area contributed by atoms with Crippen LogP contribution in [0.15, 0.2) is 53.1 Å². The van der Waals surface area contributed by atoms with E-state index in [2.05, 4.69) is 10.1 Å². The first-order chi connectivity index (χ1) is 13.5. The first-order valence-corrected chi connectivity index (χ1v) is 9.34. The van der Waals surface area contributed by atoms with Gasteiger partial charge in [0.1, 0.15) is 5.75 Å². The summed E-state index contributed by atoms with van der Waals surface area (Å²) in [5.41, 5.74) is 3.15. The highest BCUT2D eigenvalue weighted by atomic mass is 16.5. The van der Waals surface area contributed by atoms with Crippen LogP contribution < -0.4 is 4.74 Å². The molecule has 1 amide bonds. The Kier molecular flexibility index (Phi) is 6.09. The van der Waals surface area contributed by atoms with Crippen molar-refractivity contribution in [3.63, 3.8) is 0 Å². The molecule has 0 unspecified atom stereocenters. The summed E-state index contributed by atoms with van der Waals surface area (Å²) in [6.45, 7) is 6.17. The lowest BCUT2D eigenvalue weighted by Gasteiger charge is -2.22. The van der Waals surface area contributed by atoms with E-state index in [-0.39, 0.29) is 12.5 Å². The van der Waals surface area contributed by atoms with Gasteiger partial charge in [-0.1, -0.05) is 53.5 Å². The molecule has 6 nitrogen and oxygen atoms in total. The van der Waals surface area contributed by atoms with E-state index in [1.807, 2.05) is 69.3 Å². The van der Waals surface area contributed by atoms with E-state index in [1.54, 1.807) is 11.9 Å². The van der Waals surface area contributed by atoms with Crippen LogP contribution in [-0.2, 0) is 11.3 Å². The van der Waals surface area contributed by atoms with Gasteiger partial charge in [0.15, 0.2) is 6.10 Å². The van der Waals surface area contributed by atoms with Crippen molar-refractivity contribution in [1.82, 2.24) is 15.0 Å². The maximum absolute atomic E-state index is 12.8. The molecule has 3 rings (SSSR count). The zero-order valence-corrected chi connectivity index (χ0v) is 16.7. The summed E-state index contributed by atoms with van der Waals surface area (Å²) in [5, 5.41) is 4.03. The molecular formula is C22H25N3O3. The quantitative estimate of drug-likeness (QED) is 0.616. The average Bonchev–Trinajstić information content (AvgIpc) is 3.15. The molecule has 0 N–H and O–H groups in total. The molecule has 2 aromatic carbocycles. The number of rotatable bonds is 7. The van der Waals surface area contributed by atoms with Crippen molar-refractivity contribution in [2.75, 3.05) is 7.05 Å². The zero-order chi connectivity index (χ0) is 20.1. The molecule has 146 valence electrons. The van der Waals surface area contributed by atoms with E-state index in [4.69, 9.17) is 9.26 Å². The van der Waals surface area contributed by atoms with Gasteiger partial charge in [-0.25, -0.2) is 0 Å². The predicted octanol–water partition coefficient (Wildman–Crippen LogP) is 4.17. The van der Waals surface area contributed by atoms with Crippen molar-refractivity contribution >= 4 is 5.91 Å². The number of aromatic nitrogens is 2. The van der Waals surface area contributed by atoms with Crippen LogP contribution in [0.4, 0.5) is 0 Å². The van der Waals surface area contributed by atoms with Gasteiger partial charge in [0.2, 0.25) is 11.7 Å². The number of benzene rings is 2. The average molecular weight is 379 g/mol. The fourth-order valence-corrected chi connectivity index (χ4v) is 2.84. The van der Waals surface area contributed by atoms with Crippen LogP contribution in [0.2, 0.25) is 0 Å². The highest BCUT2D eigenvalue weighted by Crippen LogP contribution is 2.19. The van der Waals surface area contributed by atoms with E-state index in [1.165, 1.54) is 0 Å². The van der Waals surface area contributed by atoms with Crippen LogP contribution in [-0.4, -0.2) is 34.1 Å². The largest absolute Gasteiger partial charge is 0.481 e. The summed E-state index contributed by atoms with van der Waals surface area (Å²) >= 11 is 0. The number of carbonyl (C=O) groups is 1. The second kappa shape index (κ2) is 8.69. The molecule has 0 aliphatic carbocycles. The summed E-state index contributed by atoms with van der Waals surface area (Å²) in [6.07, 6.45) is 0.00182. The first-order valence-electron chi connectivity index (χ1n) is 9.34. The normalized spacial score (nSPS) is 11.9. The zero-order valence-electron chi connectivity index (χ0n) is 16.7. The van der Waals surface area contributed by atoms with Gasteiger partial charge in [-0.2, -0.15) is 4.98 Å². The van der Waals surface area contributed by atoms with Gasteiger partial charge in [0.25, 0.3) is 5.91 Å². The minimum absolute atomic E-state index is 0.126. The number of carbonyl (C=O) groups excluding carboxylic acids is 1. The van der Waals surface area contributed by atoms with Crippen molar-refractivity contribution in [3.8, 4) is 17.1 Å². The Hall–Kier alpha value is -3.15. The van der Waals surface area contributed by atoms with Crippen LogP contribution in [0.25, 0.3) is 11.4 Å². The lowest BCUT2D eigenvalue weighted by molar-refractivity contribution is -0.138. The summed E-state index contributed by atoms with van der Waals surface area (Å²) in [4.78, 5) is 18.7. The number of amides is 1. The number of hydrogen-bond acceptors (Lipinski definition) is 5. The fraction of sp³-hybridized carbons (Fsp3) is 0.318. The Labute approximate surface area is 165 Å². The smallest absolute Gasteiger partial charge is 0.263 e. The molecule has 0 saturated heterocycles.